The Morgan fingerprint density at radius 2 is 1.80 bits per heavy atom. The van der Waals surface area contributed by atoms with Crippen LogP contribution in [0.4, 0.5) is 0 Å². The maximum Gasteiger partial charge on any atom is 0.119 e. The number of hydrogen-bond donors (Lipinski definition) is 1. The zero-order valence-corrected chi connectivity index (χ0v) is 13.1. The molecule has 1 aromatic rings. The van der Waals surface area contributed by atoms with Gasteiger partial charge in [-0.15, -0.1) is 0 Å². The summed E-state index contributed by atoms with van der Waals surface area (Å²) in [6, 6.07) is 8.36. The quantitative estimate of drug-likeness (QED) is 0.864. The van der Waals surface area contributed by atoms with Crippen LogP contribution in [0.25, 0.3) is 0 Å². The van der Waals surface area contributed by atoms with Crippen molar-refractivity contribution in [2.75, 3.05) is 33.3 Å². The number of nitrogens with zero attached hydrogens (tertiary/aromatic N) is 1. The van der Waals surface area contributed by atoms with E-state index in [0.29, 0.717) is 5.41 Å². The number of likely N-dealkylation sites (tertiary alicyclic amines) is 1. The second-order valence-corrected chi connectivity index (χ2v) is 6.53. The molecule has 3 heteroatoms. The summed E-state index contributed by atoms with van der Waals surface area (Å²) in [5.41, 5.74) is 1.82. The van der Waals surface area contributed by atoms with Crippen molar-refractivity contribution < 1.29 is 4.74 Å². The molecule has 20 heavy (non-hydrogen) atoms. The lowest BCUT2D eigenvalue weighted by Gasteiger charge is -2.36. The van der Waals surface area contributed by atoms with Gasteiger partial charge in [0.05, 0.1) is 0 Å². The number of benzene rings is 1. The van der Waals surface area contributed by atoms with Crippen molar-refractivity contribution >= 4 is 0 Å². The molecule has 3 nitrogen and oxygen atoms in total. The fraction of sp³-hybridized carbons (Fsp3) is 0.647. The van der Waals surface area contributed by atoms with Crippen LogP contribution in [0.5, 0.6) is 5.75 Å². The molecule has 1 aliphatic rings. The Balaban J connectivity index is 1.68. The average Bonchev–Trinajstić information content (AvgIpc) is 2.43. The van der Waals surface area contributed by atoms with Crippen LogP contribution in [0, 0.1) is 5.41 Å². The van der Waals surface area contributed by atoms with Crippen LogP contribution in [-0.4, -0.2) is 38.2 Å². The molecule has 1 heterocycles. The van der Waals surface area contributed by atoms with Crippen LogP contribution in [-0.2, 0) is 6.54 Å². The van der Waals surface area contributed by atoms with Gasteiger partial charge >= 0.3 is 0 Å². The van der Waals surface area contributed by atoms with E-state index in [2.05, 4.69) is 48.3 Å². The van der Waals surface area contributed by atoms with Gasteiger partial charge in [0.1, 0.15) is 12.4 Å². The molecule has 0 spiro atoms. The molecular weight excluding hydrogens is 248 g/mol. The molecule has 0 amide bonds. The predicted molar refractivity (Wildman–Crippen MR) is 84.2 cm³/mol. The fourth-order valence-electron chi connectivity index (χ4n) is 2.58. The van der Waals surface area contributed by atoms with Gasteiger partial charge in [0, 0.05) is 13.1 Å². The smallest absolute Gasteiger partial charge is 0.119 e. The Morgan fingerprint density at radius 3 is 2.40 bits per heavy atom. The molecule has 2 rings (SSSR count). The Labute approximate surface area is 123 Å². The molecule has 0 aromatic heterocycles. The third-order valence-corrected chi connectivity index (χ3v) is 4.19. The van der Waals surface area contributed by atoms with E-state index in [9.17, 15) is 0 Å². The minimum Gasteiger partial charge on any atom is -0.492 e. The largest absolute Gasteiger partial charge is 0.492 e. The Bertz CT molecular complexity index is 390. The van der Waals surface area contributed by atoms with Crippen LogP contribution < -0.4 is 10.1 Å². The molecule has 0 bridgehead atoms. The summed E-state index contributed by atoms with van der Waals surface area (Å²) < 4.78 is 5.83. The van der Waals surface area contributed by atoms with Gasteiger partial charge in [-0.25, -0.2) is 0 Å². The van der Waals surface area contributed by atoms with Crippen molar-refractivity contribution in [3.05, 3.63) is 29.8 Å². The molecule has 0 atom stereocenters. The van der Waals surface area contributed by atoms with Crippen molar-refractivity contribution in [3.63, 3.8) is 0 Å². The third-order valence-electron chi connectivity index (χ3n) is 4.19. The Kier molecular flexibility index (Phi) is 5.44. The van der Waals surface area contributed by atoms with Crippen LogP contribution in [0.1, 0.15) is 32.3 Å². The topological polar surface area (TPSA) is 24.5 Å². The van der Waals surface area contributed by atoms with Crippen LogP contribution in [0.15, 0.2) is 24.3 Å². The summed E-state index contributed by atoms with van der Waals surface area (Å²) in [6.45, 7) is 9.88. The second-order valence-electron chi connectivity index (χ2n) is 6.53. The number of piperidine rings is 1. The summed E-state index contributed by atoms with van der Waals surface area (Å²) in [5, 5.41) is 3.15. The normalized spacial score (nSPS) is 18.9. The molecule has 1 aromatic carbocycles. The minimum atomic E-state index is 0.528. The highest BCUT2D eigenvalue weighted by Gasteiger charge is 2.24. The van der Waals surface area contributed by atoms with Crippen molar-refractivity contribution in [1.29, 1.82) is 0 Å². The fourth-order valence-corrected chi connectivity index (χ4v) is 2.58. The standard InChI is InChI=1S/C17H28N2O/c1-17(2)8-10-19(11-9-17)12-13-20-16-6-4-15(5-7-16)14-18-3/h4-7,18H,8-14H2,1-3H3. The lowest BCUT2D eigenvalue weighted by molar-refractivity contribution is 0.116. The first-order chi connectivity index (χ1) is 9.59. The molecule has 0 radical (unpaired) electrons. The van der Waals surface area contributed by atoms with Gasteiger partial charge in [-0.1, -0.05) is 26.0 Å². The Hall–Kier alpha value is -1.06. The van der Waals surface area contributed by atoms with E-state index in [4.69, 9.17) is 4.74 Å². The molecule has 1 aliphatic heterocycles. The predicted octanol–water partition coefficient (Wildman–Crippen LogP) is 2.91. The number of hydrogen-bond acceptors (Lipinski definition) is 3. The monoisotopic (exact) mass is 276 g/mol. The SMILES string of the molecule is CNCc1ccc(OCCN2CCC(C)(C)CC2)cc1. The molecule has 112 valence electrons. The zero-order chi connectivity index (χ0) is 14.4. The van der Waals surface area contributed by atoms with Crippen LogP contribution in [0.3, 0.4) is 0 Å². The van der Waals surface area contributed by atoms with Crippen molar-refractivity contribution in [2.24, 2.45) is 5.41 Å². The highest BCUT2D eigenvalue weighted by Crippen LogP contribution is 2.29. The second kappa shape index (κ2) is 7.09. The van der Waals surface area contributed by atoms with E-state index in [-0.39, 0.29) is 0 Å². The van der Waals surface area contributed by atoms with Crippen LogP contribution >= 0.6 is 0 Å². The first kappa shape index (κ1) is 15.3. The summed E-state index contributed by atoms with van der Waals surface area (Å²) in [6.07, 6.45) is 2.59. The highest BCUT2D eigenvalue weighted by atomic mass is 16.5. The summed E-state index contributed by atoms with van der Waals surface area (Å²) in [5.74, 6) is 0.974. The Morgan fingerprint density at radius 1 is 1.15 bits per heavy atom. The minimum absolute atomic E-state index is 0.528. The van der Waals surface area contributed by atoms with Crippen molar-refractivity contribution in [3.8, 4) is 5.75 Å². The lowest BCUT2D eigenvalue weighted by atomic mass is 9.83. The molecule has 1 saturated heterocycles. The summed E-state index contributed by atoms with van der Waals surface area (Å²) >= 11 is 0. The third kappa shape index (κ3) is 4.80. The maximum atomic E-state index is 5.83. The van der Waals surface area contributed by atoms with Crippen molar-refractivity contribution in [2.45, 2.75) is 33.2 Å². The van der Waals surface area contributed by atoms with Gasteiger partial charge in [0.15, 0.2) is 0 Å². The van der Waals surface area contributed by atoms with E-state index in [1.165, 1.54) is 31.5 Å². The number of rotatable bonds is 6. The van der Waals surface area contributed by atoms with E-state index in [1.807, 2.05) is 7.05 Å². The van der Waals surface area contributed by atoms with Gasteiger partial charge in [0.25, 0.3) is 0 Å². The van der Waals surface area contributed by atoms with E-state index in [0.717, 1.165) is 25.4 Å². The number of ether oxygens (including phenoxy) is 1. The van der Waals surface area contributed by atoms with Gasteiger partial charge < -0.3 is 10.1 Å². The van der Waals surface area contributed by atoms with Gasteiger partial charge in [0.2, 0.25) is 0 Å². The maximum absolute atomic E-state index is 5.83. The molecular formula is C17H28N2O. The molecule has 0 unspecified atom stereocenters. The summed E-state index contributed by atoms with van der Waals surface area (Å²) in [7, 11) is 1.96. The van der Waals surface area contributed by atoms with Crippen molar-refractivity contribution in [1.82, 2.24) is 10.2 Å². The van der Waals surface area contributed by atoms with E-state index >= 15 is 0 Å². The van der Waals surface area contributed by atoms with E-state index < -0.39 is 0 Å². The first-order valence-corrected chi connectivity index (χ1v) is 7.68. The van der Waals surface area contributed by atoms with Gasteiger partial charge in [-0.05, 0) is 56.1 Å². The summed E-state index contributed by atoms with van der Waals surface area (Å²) in [4.78, 5) is 2.51. The first-order valence-electron chi connectivity index (χ1n) is 7.68. The van der Waals surface area contributed by atoms with Crippen LogP contribution in [0.2, 0.25) is 0 Å². The number of nitrogens with one attached hydrogen (secondary N) is 1. The molecule has 0 aliphatic carbocycles. The molecule has 0 saturated carbocycles. The van der Waals surface area contributed by atoms with Gasteiger partial charge in [-0.2, -0.15) is 0 Å². The van der Waals surface area contributed by atoms with Gasteiger partial charge in [-0.3, -0.25) is 4.90 Å². The average molecular weight is 276 g/mol. The highest BCUT2D eigenvalue weighted by molar-refractivity contribution is 5.27. The molecule has 1 fully saturated rings. The zero-order valence-electron chi connectivity index (χ0n) is 13.1. The van der Waals surface area contributed by atoms with E-state index in [1.54, 1.807) is 0 Å². The lowest BCUT2D eigenvalue weighted by Crippen LogP contribution is -2.39. The molecule has 1 N–H and O–H groups in total.